The van der Waals surface area contributed by atoms with Gasteiger partial charge in [-0.25, -0.2) is 4.79 Å². The quantitative estimate of drug-likeness (QED) is 0.762. The van der Waals surface area contributed by atoms with Crippen LogP contribution in [0.15, 0.2) is 27.8 Å². The van der Waals surface area contributed by atoms with Gasteiger partial charge in [-0.1, -0.05) is 13.0 Å². The molecule has 6 heteroatoms. The summed E-state index contributed by atoms with van der Waals surface area (Å²) < 4.78 is 7.40. The first-order chi connectivity index (χ1) is 11.5. The van der Waals surface area contributed by atoms with E-state index in [1.165, 1.54) is 4.57 Å². The third-order valence-electron chi connectivity index (χ3n) is 3.80. The maximum Gasteiger partial charge on any atom is 0.331 e. The van der Waals surface area contributed by atoms with E-state index in [0.29, 0.717) is 37.1 Å². The van der Waals surface area contributed by atoms with Crippen LogP contribution in [0.3, 0.4) is 0 Å². The third-order valence-corrected chi connectivity index (χ3v) is 3.80. The average Bonchev–Trinajstić information content (AvgIpc) is 2.49. The summed E-state index contributed by atoms with van der Waals surface area (Å²) in [7, 11) is 0. The fraction of sp³-hybridized carbons (Fsp3) is 0.444. The Bertz CT molecular complexity index is 800. The van der Waals surface area contributed by atoms with E-state index in [4.69, 9.17) is 9.84 Å². The van der Waals surface area contributed by atoms with E-state index in [0.717, 1.165) is 11.1 Å². The molecule has 0 saturated carbocycles. The molecule has 1 heterocycles. The second kappa shape index (κ2) is 7.97. The van der Waals surface area contributed by atoms with Crippen molar-refractivity contribution in [2.45, 2.75) is 46.6 Å². The zero-order chi connectivity index (χ0) is 17.7. The lowest BCUT2D eigenvalue weighted by Crippen LogP contribution is -2.33. The van der Waals surface area contributed by atoms with Crippen molar-refractivity contribution in [3.8, 4) is 11.6 Å². The zero-order valence-electron chi connectivity index (χ0n) is 14.4. The van der Waals surface area contributed by atoms with Crippen molar-refractivity contribution in [2.24, 2.45) is 0 Å². The summed E-state index contributed by atoms with van der Waals surface area (Å²) in [6.45, 7) is 6.22. The van der Waals surface area contributed by atoms with Crippen LogP contribution in [0.5, 0.6) is 11.6 Å². The zero-order valence-corrected chi connectivity index (χ0v) is 14.4. The molecule has 0 amide bonds. The first-order valence-electron chi connectivity index (χ1n) is 8.19. The van der Waals surface area contributed by atoms with Crippen LogP contribution in [-0.4, -0.2) is 21.3 Å². The van der Waals surface area contributed by atoms with Crippen LogP contribution >= 0.6 is 0 Å². The lowest BCUT2D eigenvalue weighted by atomic mass is 10.1. The highest BCUT2D eigenvalue weighted by Gasteiger charge is 2.16. The van der Waals surface area contributed by atoms with Crippen LogP contribution in [0, 0.1) is 13.8 Å². The molecule has 0 aliphatic rings. The van der Waals surface area contributed by atoms with E-state index in [9.17, 15) is 9.59 Å². The molecule has 0 bridgehead atoms. The van der Waals surface area contributed by atoms with Crippen molar-refractivity contribution in [3.63, 3.8) is 0 Å². The van der Waals surface area contributed by atoms with Gasteiger partial charge in [-0.05, 0) is 56.4 Å². The summed E-state index contributed by atoms with van der Waals surface area (Å²) in [5, 5.41) is 8.95. The van der Waals surface area contributed by atoms with Crippen molar-refractivity contribution in [3.05, 3.63) is 55.7 Å². The first-order valence-corrected chi connectivity index (χ1v) is 8.19. The van der Waals surface area contributed by atoms with E-state index in [1.54, 1.807) is 0 Å². The molecule has 0 unspecified atom stereocenters. The molecule has 1 aromatic heterocycles. The number of aromatic nitrogens is 2. The fourth-order valence-electron chi connectivity index (χ4n) is 2.71. The van der Waals surface area contributed by atoms with Gasteiger partial charge < -0.3 is 9.84 Å². The standard InChI is InChI=1S/C18H24N2O4/c1-4-15-16(22)19-18(23)20(7-5-6-8-21)17(15)24-14-10-12(2)9-13(3)11-14/h9-11,21H,4-8H2,1-3H3,(H,19,22,23). The monoisotopic (exact) mass is 332 g/mol. The molecule has 130 valence electrons. The Labute approximate surface area is 140 Å². The van der Waals surface area contributed by atoms with Gasteiger partial charge in [0.15, 0.2) is 0 Å². The SMILES string of the molecule is CCc1c(Oc2cc(C)cc(C)c2)n(CCCCO)c(=O)[nH]c1=O. The Morgan fingerprint density at radius 1 is 1.12 bits per heavy atom. The van der Waals surface area contributed by atoms with Gasteiger partial charge in [0.05, 0.1) is 5.56 Å². The summed E-state index contributed by atoms with van der Waals surface area (Å²) in [5.41, 5.74) is 1.62. The van der Waals surface area contributed by atoms with Crippen LogP contribution in [0.4, 0.5) is 0 Å². The molecule has 0 atom stereocenters. The number of benzene rings is 1. The maximum atomic E-state index is 12.2. The number of aliphatic hydroxyl groups is 1. The smallest absolute Gasteiger partial charge is 0.331 e. The molecular formula is C18H24N2O4. The number of aromatic amines is 1. The van der Waals surface area contributed by atoms with Crippen molar-refractivity contribution in [1.82, 2.24) is 9.55 Å². The minimum absolute atomic E-state index is 0.0615. The van der Waals surface area contributed by atoms with Crippen molar-refractivity contribution in [1.29, 1.82) is 0 Å². The molecule has 0 aliphatic heterocycles. The molecule has 0 radical (unpaired) electrons. The minimum Gasteiger partial charge on any atom is -0.440 e. The predicted octanol–water partition coefficient (Wildman–Crippen LogP) is 2.28. The third kappa shape index (κ3) is 4.14. The van der Waals surface area contributed by atoms with Crippen LogP contribution in [0.1, 0.15) is 36.5 Å². The average molecular weight is 332 g/mol. The van der Waals surface area contributed by atoms with Gasteiger partial charge in [-0.2, -0.15) is 0 Å². The number of ether oxygens (including phenoxy) is 1. The highest BCUT2D eigenvalue weighted by Crippen LogP contribution is 2.25. The number of nitrogens with zero attached hydrogens (tertiary/aromatic N) is 1. The molecule has 24 heavy (non-hydrogen) atoms. The molecule has 2 aromatic rings. The number of hydrogen-bond donors (Lipinski definition) is 2. The van der Waals surface area contributed by atoms with E-state index in [-0.39, 0.29) is 12.5 Å². The van der Waals surface area contributed by atoms with Crippen molar-refractivity contribution >= 4 is 0 Å². The second-order valence-electron chi connectivity index (χ2n) is 5.90. The summed E-state index contributed by atoms with van der Waals surface area (Å²) in [4.78, 5) is 26.7. The molecule has 1 aromatic carbocycles. The molecule has 0 saturated heterocycles. The van der Waals surface area contributed by atoms with Crippen molar-refractivity contribution in [2.75, 3.05) is 6.61 Å². The Kier molecular flexibility index (Phi) is 5.98. The summed E-state index contributed by atoms with van der Waals surface area (Å²) in [6, 6.07) is 5.77. The molecule has 2 N–H and O–H groups in total. The topological polar surface area (TPSA) is 84.3 Å². The summed E-state index contributed by atoms with van der Waals surface area (Å²) in [6.07, 6.45) is 1.65. The van der Waals surface area contributed by atoms with Gasteiger partial charge in [0.1, 0.15) is 5.75 Å². The van der Waals surface area contributed by atoms with Gasteiger partial charge in [0.25, 0.3) is 5.56 Å². The van der Waals surface area contributed by atoms with Gasteiger partial charge >= 0.3 is 5.69 Å². The second-order valence-corrected chi connectivity index (χ2v) is 5.90. The summed E-state index contributed by atoms with van der Waals surface area (Å²) in [5.74, 6) is 0.886. The number of H-pyrrole nitrogens is 1. The Morgan fingerprint density at radius 3 is 2.38 bits per heavy atom. The Morgan fingerprint density at radius 2 is 1.79 bits per heavy atom. The number of nitrogens with one attached hydrogen (secondary N) is 1. The van der Waals surface area contributed by atoms with E-state index < -0.39 is 11.2 Å². The number of hydrogen-bond acceptors (Lipinski definition) is 4. The molecule has 0 aliphatic carbocycles. The molecule has 0 spiro atoms. The molecule has 2 rings (SSSR count). The van der Waals surface area contributed by atoms with Crippen LogP contribution in [-0.2, 0) is 13.0 Å². The number of aryl methyl sites for hydroxylation is 2. The largest absolute Gasteiger partial charge is 0.440 e. The fourth-order valence-corrected chi connectivity index (χ4v) is 2.71. The predicted molar refractivity (Wildman–Crippen MR) is 93.0 cm³/mol. The lowest BCUT2D eigenvalue weighted by molar-refractivity contribution is 0.278. The summed E-state index contributed by atoms with van der Waals surface area (Å²) >= 11 is 0. The van der Waals surface area contributed by atoms with Crippen LogP contribution in [0.2, 0.25) is 0 Å². The van der Waals surface area contributed by atoms with Crippen molar-refractivity contribution < 1.29 is 9.84 Å². The normalized spacial score (nSPS) is 10.8. The molecule has 6 nitrogen and oxygen atoms in total. The van der Waals surface area contributed by atoms with E-state index in [2.05, 4.69) is 4.98 Å². The highest BCUT2D eigenvalue weighted by atomic mass is 16.5. The number of aliphatic hydroxyl groups excluding tert-OH is 1. The number of rotatable bonds is 7. The molecule has 0 fully saturated rings. The van der Waals surface area contributed by atoms with E-state index in [1.807, 2.05) is 39.0 Å². The van der Waals surface area contributed by atoms with Gasteiger partial charge in [-0.3, -0.25) is 14.3 Å². The van der Waals surface area contributed by atoms with Gasteiger partial charge in [0.2, 0.25) is 5.88 Å². The van der Waals surface area contributed by atoms with Gasteiger partial charge in [-0.15, -0.1) is 0 Å². The molecular weight excluding hydrogens is 308 g/mol. The minimum atomic E-state index is -0.491. The lowest BCUT2D eigenvalue weighted by Gasteiger charge is -2.16. The van der Waals surface area contributed by atoms with Crippen LogP contribution in [0.25, 0.3) is 0 Å². The van der Waals surface area contributed by atoms with E-state index >= 15 is 0 Å². The highest BCUT2D eigenvalue weighted by molar-refractivity contribution is 5.37. The number of unbranched alkanes of at least 4 members (excludes halogenated alkanes) is 1. The maximum absolute atomic E-state index is 12.2. The van der Waals surface area contributed by atoms with Crippen LogP contribution < -0.4 is 16.0 Å². The van der Waals surface area contributed by atoms with Gasteiger partial charge in [0, 0.05) is 13.2 Å². The Hall–Kier alpha value is -2.34. The Balaban J connectivity index is 2.51. The first kappa shape index (κ1) is 18.0.